The van der Waals surface area contributed by atoms with Gasteiger partial charge < -0.3 is 4.98 Å². The molecule has 1 N–H and O–H groups in total. The van der Waals surface area contributed by atoms with Gasteiger partial charge in [-0.05, 0) is 18.2 Å². The van der Waals surface area contributed by atoms with Crippen LogP contribution < -0.4 is 0 Å². The van der Waals surface area contributed by atoms with Crippen LogP contribution in [0.25, 0.3) is 10.9 Å². The fourth-order valence-electron chi connectivity index (χ4n) is 1.06. The van der Waals surface area contributed by atoms with Crippen LogP contribution in [0.4, 0.5) is 4.39 Å². The van der Waals surface area contributed by atoms with E-state index in [-0.39, 0.29) is 5.82 Å². The van der Waals surface area contributed by atoms with E-state index in [0.29, 0.717) is 10.4 Å². The van der Waals surface area contributed by atoms with E-state index < -0.39 is 0 Å². The highest BCUT2D eigenvalue weighted by Gasteiger charge is 2.01. The first-order chi connectivity index (χ1) is 5.27. The first-order valence-corrected chi connectivity index (χ1v) is 3.57. The highest BCUT2D eigenvalue weighted by Crippen LogP contribution is 2.20. The molecule has 1 nitrogen and oxygen atoms in total. The van der Waals surface area contributed by atoms with Gasteiger partial charge in [0.2, 0.25) is 0 Å². The minimum Gasteiger partial charge on any atom is -0.358 e. The number of hydrogen-bond donors (Lipinski definition) is 1. The summed E-state index contributed by atoms with van der Waals surface area (Å²) in [6.07, 6.45) is 1.32. The molecule has 1 aromatic heterocycles. The lowest BCUT2D eigenvalue weighted by molar-refractivity contribution is 0.639. The van der Waals surface area contributed by atoms with Crippen LogP contribution in [0.3, 0.4) is 0 Å². The summed E-state index contributed by atoms with van der Waals surface area (Å²) in [5.74, 6) is -0.239. The molecule has 0 radical (unpaired) electrons. The maximum atomic E-state index is 12.8. The highest BCUT2D eigenvalue weighted by atomic mass is 35.5. The second kappa shape index (κ2) is 2.24. The van der Waals surface area contributed by atoms with Crippen molar-refractivity contribution < 1.29 is 4.39 Å². The summed E-state index contributed by atoms with van der Waals surface area (Å²) in [5, 5.41) is 1.19. The zero-order chi connectivity index (χ0) is 7.84. The summed E-state index contributed by atoms with van der Waals surface area (Å²) in [4.78, 5) is 2.77. The summed E-state index contributed by atoms with van der Waals surface area (Å²) in [6.45, 7) is 0. The molecule has 0 atom stereocenters. The molecular weight excluding hydrogens is 165 g/mol. The summed E-state index contributed by atoms with van der Waals surface area (Å²) in [6, 6.07) is 5.02. The third-order valence-corrected chi connectivity index (χ3v) is 1.83. The monoisotopic (exact) mass is 169 g/mol. The Labute approximate surface area is 67.8 Å². The van der Waals surface area contributed by atoms with Gasteiger partial charge in [-0.1, -0.05) is 11.6 Å². The molecular formula is C8H5ClFN. The van der Waals surface area contributed by atoms with Crippen LogP contribution >= 0.6 is 11.6 Å². The van der Waals surface area contributed by atoms with Crippen LogP contribution in [0.15, 0.2) is 24.4 Å². The van der Waals surface area contributed by atoms with Crippen LogP contribution in [0.2, 0.25) is 5.02 Å². The Morgan fingerprint density at radius 3 is 3.00 bits per heavy atom. The number of nitrogens with one attached hydrogen (secondary N) is 1. The summed E-state index contributed by atoms with van der Waals surface area (Å²) >= 11 is 5.69. The minimum absolute atomic E-state index is 0.239. The third kappa shape index (κ3) is 0.994. The van der Waals surface area contributed by atoms with Gasteiger partial charge in [0.15, 0.2) is 0 Å². The van der Waals surface area contributed by atoms with Crippen molar-refractivity contribution in [2.75, 3.05) is 0 Å². The zero-order valence-electron chi connectivity index (χ0n) is 5.57. The number of fused-ring (bicyclic) bond motifs is 1. The second-order valence-electron chi connectivity index (χ2n) is 2.33. The van der Waals surface area contributed by atoms with Crippen LogP contribution in [0, 0.1) is 5.82 Å². The van der Waals surface area contributed by atoms with Crippen molar-refractivity contribution in [1.82, 2.24) is 4.98 Å². The van der Waals surface area contributed by atoms with Gasteiger partial charge in [0.25, 0.3) is 0 Å². The van der Waals surface area contributed by atoms with E-state index >= 15 is 0 Å². The smallest absolute Gasteiger partial charge is 0.148 e. The summed E-state index contributed by atoms with van der Waals surface area (Å²) in [7, 11) is 0. The van der Waals surface area contributed by atoms with E-state index in [1.165, 1.54) is 6.20 Å². The van der Waals surface area contributed by atoms with Crippen LogP contribution in [0.5, 0.6) is 0 Å². The van der Waals surface area contributed by atoms with Crippen molar-refractivity contribution in [2.24, 2.45) is 0 Å². The van der Waals surface area contributed by atoms with Crippen molar-refractivity contribution in [3.8, 4) is 0 Å². The molecule has 0 saturated carbocycles. The molecule has 11 heavy (non-hydrogen) atoms. The zero-order valence-corrected chi connectivity index (χ0v) is 6.32. The van der Waals surface area contributed by atoms with Gasteiger partial charge in [0, 0.05) is 22.1 Å². The van der Waals surface area contributed by atoms with Crippen molar-refractivity contribution in [3.05, 3.63) is 35.2 Å². The average Bonchev–Trinajstić information content (AvgIpc) is 2.32. The topological polar surface area (TPSA) is 15.8 Å². The van der Waals surface area contributed by atoms with Gasteiger partial charge in [-0.2, -0.15) is 0 Å². The fourth-order valence-corrected chi connectivity index (χ4v) is 1.24. The van der Waals surface area contributed by atoms with Crippen molar-refractivity contribution in [2.45, 2.75) is 0 Å². The third-order valence-electron chi connectivity index (χ3n) is 1.59. The van der Waals surface area contributed by atoms with E-state index in [2.05, 4.69) is 4.98 Å². The highest BCUT2D eigenvalue weighted by molar-refractivity contribution is 6.31. The molecule has 56 valence electrons. The number of aromatic nitrogens is 1. The number of aromatic amines is 1. The molecule has 3 heteroatoms. The number of H-pyrrole nitrogens is 1. The molecule has 1 aromatic carbocycles. The van der Waals surface area contributed by atoms with E-state index in [0.717, 1.165) is 5.52 Å². The van der Waals surface area contributed by atoms with Crippen molar-refractivity contribution in [1.29, 1.82) is 0 Å². The molecule has 0 amide bonds. The van der Waals surface area contributed by atoms with Crippen LogP contribution in [-0.4, -0.2) is 4.98 Å². The molecule has 1 heterocycles. The predicted molar refractivity (Wildman–Crippen MR) is 43.3 cm³/mol. The standard InChI is InChI=1S/C8H5ClFN/c9-5-1-2-6-7(10)4-11-8(6)3-5/h1-4,11H. The molecule has 0 aliphatic heterocycles. The van der Waals surface area contributed by atoms with Crippen molar-refractivity contribution in [3.63, 3.8) is 0 Å². The second-order valence-corrected chi connectivity index (χ2v) is 2.76. The van der Waals surface area contributed by atoms with Crippen molar-refractivity contribution >= 4 is 22.5 Å². The Kier molecular flexibility index (Phi) is 1.36. The lowest BCUT2D eigenvalue weighted by Crippen LogP contribution is -1.68. The van der Waals surface area contributed by atoms with Gasteiger partial charge >= 0.3 is 0 Å². The van der Waals surface area contributed by atoms with Gasteiger partial charge in [0.1, 0.15) is 5.82 Å². The Morgan fingerprint density at radius 1 is 1.36 bits per heavy atom. The molecule has 2 aromatic rings. The Bertz CT molecular complexity index is 394. The molecule has 0 aliphatic carbocycles. The number of benzene rings is 1. The summed E-state index contributed by atoms with van der Waals surface area (Å²) < 4.78 is 12.8. The molecule has 0 fully saturated rings. The average molecular weight is 170 g/mol. The Balaban J connectivity index is 2.86. The fraction of sp³-hybridized carbons (Fsp3) is 0. The summed E-state index contributed by atoms with van der Waals surface area (Å²) in [5.41, 5.74) is 0.731. The van der Waals surface area contributed by atoms with Gasteiger partial charge in [-0.15, -0.1) is 0 Å². The van der Waals surface area contributed by atoms with Gasteiger partial charge in [-0.25, -0.2) is 4.39 Å². The maximum absolute atomic E-state index is 12.8. The quantitative estimate of drug-likeness (QED) is 0.624. The molecule has 2 rings (SSSR count). The lowest BCUT2D eigenvalue weighted by atomic mass is 10.2. The molecule has 0 saturated heterocycles. The molecule has 0 aliphatic rings. The van der Waals surface area contributed by atoms with E-state index in [4.69, 9.17) is 11.6 Å². The minimum atomic E-state index is -0.239. The lowest BCUT2D eigenvalue weighted by Gasteiger charge is -1.89. The number of halogens is 2. The SMILES string of the molecule is Fc1c[nH]c2cc(Cl)ccc12. The first kappa shape index (κ1) is 6.68. The van der Waals surface area contributed by atoms with E-state index in [1.807, 2.05) is 0 Å². The van der Waals surface area contributed by atoms with Gasteiger partial charge in [-0.3, -0.25) is 0 Å². The Hall–Kier alpha value is -1.02. The molecule has 0 spiro atoms. The largest absolute Gasteiger partial charge is 0.358 e. The molecule has 0 unspecified atom stereocenters. The van der Waals surface area contributed by atoms with Crippen LogP contribution in [0.1, 0.15) is 0 Å². The Morgan fingerprint density at radius 2 is 2.18 bits per heavy atom. The van der Waals surface area contributed by atoms with E-state index in [9.17, 15) is 4.39 Å². The van der Waals surface area contributed by atoms with Gasteiger partial charge in [0.05, 0.1) is 0 Å². The molecule has 0 bridgehead atoms. The normalized spacial score (nSPS) is 10.7. The maximum Gasteiger partial charge on any atom is 0.148 e. The van der Waals surface area contributed by atoms with Crippen LogP contribution in [-0.2, 0) is 0 Å². The first-order valence-electron chi connectivity index (χ1n) is 3.19. The number of hydrogen-bond acceptors (Lipinski definition) is 0. The number of rotatable bonds is 0. The van der Waals surface area contributed by atoms with E-state index in [1.54, 1.807) is 18.2 Å². The predicted octanol–water partition coefficient (Wildman–Crippen LogP) is 2.96.